The van der Waals surface area contributed by atoms with E-state index < -0.39 is 107 Å². The first-order valence-electron chi connectivity index (χ1n) is 27.0. The molecule has 15 nitrogen and oxygen atoms in total. The average molecular weight is 1030 g/mol. The number of carbonyl (C=O) groups is 4. The van der Waals surface area contributed by atoms with Crippen molar-refractivity contribution in [2.24, 2.45) is 53.3 Å². The number of hydrogen-bond acceptors (Lipinski definition) is 15. The number of rotatable bonds is 17. The van der Waals surface area contributed by atoms with Crippen molar-refractivity contribution in [2.45, 2.75) is 237 Å². The molecule has 72 heavy (non-hydrogen) atoms. The smallest absolute Gasteiger partial charge is 0.550 e. The Balaban J connectivity index is 0.000000500. The molecule has 22 atom stereocenters. The Morgan fingerprint density at radius 3 is 2.17 bits per heavy atom. The van der Waals surface area contributed by atoms with E-state index in [1.807, 2.05) is 53.7 Å². The van der Waals surface area contributed by atoms with Gasteiger partial charge in [0.15, 0.2) is 11.6 Å². The van der Waals surface area contributed by atoms with Crippen LogP contribution in [0.1, 0.15) is 160 Å². The van der Waals surface area contributed by atoms with Crippen molar-refractivity contribution in [2.75, 3.05) is 0 Å². The van der Waals surface area contributed by atoms with Crippen molar-refractivity contribution in [3.05, 3.63) is 36.5 Å². The molecule has 0 aromatic carbocycles. The molecule has 6 aliphatic rings. The number of allylic oxidation sites excluding steroid dienone is 4. The van der Waals surface area contributed by atoms with Crippen molar-refractivity contribution in [1.29, 1.82) is 0 Å². The fourth-order valence-electron chi connectivity index (χ4n) is 12.5. The number of carboxylic acid groups (broad SMARTS) is 1. The molecule has 1 aliphatic carbocycles. The van der Waals surface area contributed by atoms with Crippen LogP contribution in [0, 0.1) is 53.3 Å². The van der Waals surface area contributed by atoms with Crippen LogP contribution in [-0.4, -0.2) is 127 Å². The quantitative estimate of drug-likeness (QED) is 0.0463. The third kappa shape index (κ3) is 13.5. The van der Waals surface area contributed by atoms with Gasteiger partial charge in [-0.05, 0) is 114 Å². The monoisotopic (exact) mass is 1020 g/mol. The molecule has 0 radical (unpaired) electrons. The normalized spacial score (nSPS) is 42.3. The molecule has 4 saturated heterocycles. The summed E-state index contributed by atoms with van der Waals surface area (Å²) in [5, 5.41) is 64.9. The fraction of sp³-hybridized carbons (Fsp3) is 0.821. The zero-order chi connectivity index (χ0) is 52.8. The molecule has 5 heterocycles. The molecule has 0 bridgehead atoms. The molecule has 5 N–H and O–H groups in total. The molecular weight excluding hydrogens is 936 g/mol. The second kappa shape index (κ2) is 26.6. The molecule has 0 aromatic heterocycles. The van der Waals surface area contributed by atoms with Crippen LogP contribution in [0.15, 0.2) is 36.5 Å². The minimum Gasteiger partial charge on any atom is -0.550 e. The van der Waals surface area contributed by atoms with E-state index in [9.17, 15) is 49.8 Å². The van der Waals surface area contributed by atoms with Crippen LogP contribution < -0.4 is 34.7 Å². The summed E-state index contributed by atoms with van der Waals surface area (Å²) in [4.78, 5) is 48.8. The summed E-state index contributed by atoms with van der Waals surface area (Å²) in [7, 11) is 0. The molecule has 22 unspecified atom stereocenters. The van der Waals surface area contributed by atoms with Gasteiger partial charge in [-0.1, -0.05) is 93.0 Å². The average Bonchev–Trinajstić information content (AvgIpc) is 3.69. The van der Waals surface area contributed by atoms with Crippen LogP contribution in [0.5, 0.6) is 0 Å². The van der Waals surface area contributed by atoms with Gasteiger partial charge in [-0.25, -0.2) is 0 Å². The van der Waals surface area contributed by atoms with Crippen LogP contribution >= 0.6 is 0 Å². The summed E-state index contributed by atoms with van der Waals surface area (Å²) < 4.78 is 33.4. The van der Waals surface area contributed by atoms with E-state index in [0.717, 1.165) is 19.3 Å². The first-order valence-corrected chi connectivity index (χ1v) is 27.0. The van der Waals surface area contributed by atoms with Gasteiger partial charge in [-0.2, -0.15) is 0 Å². The number of aliphatic hydroxyl groups excluding tert-OH is 4. The van der Waals surface area contributed by atoms with Crippen LogP contribution in [0.3, 0.4) is 0 Å². The Kier molecular flexibility index (Phi) is 23.2. The molecule has 0 aromatic rings. The summed E-state index contributed by atoms with van der Waals surface area (Å²) in [6, 6.07) is 0. The van der Waals surface area contributed by atoms with Gasteiger partial charge in [0.05, 0.1) is 59.8 Å². The van der Waals surface area contributed by atoms with Crippen LogP contribution in [0.4, 0.5) is 0 Å². The van der Waals surface area contributed by atoms with Crippen molar-refractivity contribution in [3.63, 3.8) is 0 Å². The Bertz CT molecular complexity index is 1890. The first kappa shape index (κ1) is 62.8. The van der Waals surface area contributed by atoms with E-state index in [1.165, 1.54) is 0 Å². The Morgan fingerprint density at radius 1 is 0.889 bits per heavy atom. The molecule has 16 heteroatoms. The van der Waals surface area contributed by atoms with Crippen molar-refractivity contribution in [1.82, 2.24) is 0 Å². The van der Waals surface area contributed by atoms with Crippen molar-refractivity contribution in [3.8, 4) is 0 Å². The zero-order valence-electron chi connectivity index (χ0n) is 45.4. The number of aldehydes is 1. The second-order valence-electron chi connectivity index (χ2n) is 22.5. The molecule has 6 rings (SSSR count). The summed E-state index contributed by atoms with van der Waals surface area (Å²) in [5.41, 5.74) is -1.64. The van der Waals surface area contributed by atoms with Crippen molar-refractivity contribution >= 4 is 23.8 Å². The number of ketones is 2. The van der Waals surface area contributed by atoms with E-state index in [2.05, 4.69) is 27.7 Å². The predicted octanol–water partition coefficient (Wildman–Crippen LogP) is 2.88. The fourth-order valence-corrected chi connectivity index (χ4v) is 12.5. The van der Waals surface area contributed by atoms with Gasteiger partial charge in [0.1, 0.15) is 24.3 Å². The number of ether oxygens (including phenoxy) is 5. The third-order valence-electron chi connectivity index (χ3n) is 17.6. The van der Waals surface area contributed by atoms with Crippen LogP contribution in [0.2, 0.25) is 0 Å². The maximum atomic E-state index is 14.4. The number of carbonyl (C=O) groups excluding carboxylic acids is 4. The standard InChI is InChI=1S/C42H70O11.C14H20O4.Na/c1-11-29(38(46)47)31-15-14-23(4)36(50-31)27(8)34(44)26(7)35(45)30(12-2)37-24(5)22-25(6)41(51-37)19-16-32(43)42(53-41)21-20-39(10,52-42)33-17-18-40(48,13-3)28(9)49-33;1-2-3-4-5-6-7-10-8-12(16)14(18)13(17)11(10)9-15;/h16,19,23-34,36-37,43-44,48H,11-15,17-18,20-22H2,1-10H3,(H,46,47);4-7,9-12,14,16,18H,2-3,8H2,1H3;/q;;+1/p-1. The van der Waals surface area contributed by atoms with Gasteiger partial charge in [0.2, 0.25) is 5.79 Å². The van der Waals surface area contributed by atoms with Gasteiger partial charge < -0.3 is 63.9 Å². The number of hydrogen-bond donors (Lipinski definition) is 5. The predicted molar refractivity (Wildman–Crippen MR) is 264 cm³/mol. The van der Waals surface area contributed by atoms with E-state index in [4.69, 9.17) is 23.7 Å². The van der Waals surface area contributed by atoms with Gasteiger partial charge in [0, 0.05) is 42.0 Å². The summed E-state index contributed by atoms with van der Waals surface area (Å²) >= 11 is 0. The van der Waals surface area contributed by atoms with Crippen molar-refractivity contribution < 1.29 is 103 Å². The molecule has 0 amide bonds. The summed E-state index contributed by atoms with van der Waals surface area (Å²) in [5.74, 6) is -8.00. The Morgan fingerprint density at radius 2 is 1.57 bits per heavy atom. The van der Waals surface area contributed by atoms with E-state index in [-0.39, 0.29) is 77.6 Å². The zero-order valence-corrected chi connectivity index (χ0v) is 47.4. The number of unbranched alkanes of at least 4 members (excludes halogenated alkanes) is 1. The largest absolute Gasteiger partial charge is 1.00 e. The molecule has 5 aliphatic heterocycles. The topological polar surface area (TPSA) is 239 Å². The number of aliphatic hydroxyl groups is 5. The summed E-state index contributed by atoms with van der Waals surface area (Å²) in [6.07, 6.45) is 12.9. The molecule has 404 valence electrons. The van der Waals surface area contributed by atoms with Gasteiger partial charge in [-0.3, -0.25) is 9.59 Å². The summed E-state index contributed by atoms with van der Waals surface area (Å²) in [6.45, 7) is 21.6. The molecule has 2 spiro atoms. The SMILES string of the molecule is CCC(C(=O)[O-])C1CCC(C)C(C(C)C(O)C(C)C(=O)C(CC)C2OC3(C=CC(O)C4(CCC(C)(C5CCC(O)(CC)C(C)O5)O4)O3)C(C)CC2C)O1.CCCC=CC=CC1CC(O)C(O)C(=O)C1C=O.[Na+]. The Labute approximate surface area is 451 Å². The van der Waals surface area contributed by atoms with Crippen LogP contribution in [-0.2, 0) is 42.9 Å². The first-order chi connectivity index (χ1) is 33.4. The van der Waals surface area contributed by atoms with Gasteiger partial charge in [-0.15, -0.1) is 0 Å². The van der Waals surface area contributed by atoms with E-state index in [0.29, 0.717) is 64.1 Å². The van der Waals surface area contributed by atoms with Gasteiger partial charge in [0.25, 0.3) is 0 Å². The number of carboxylic acids is 1. The molecule has 5 fully saturated rings. The maximum Gasteiger partial charge on any atom is 1.00 e. The Hall–Kier alpha value is -1.70. The molecular formula is C56H89NaO15. The minimum atomic E-state index is -1.43. The third-order valence-corrected chi connectivity index (χ3v) is 17.6. The van der Waals surface area contributed by atoms with Crippen LogP contribution in [0.25, 0.3) is 0 Å². The van der Waals surface area contributed by atoms with Gasteiger partial charge >= 0.3 is 29.6 Å². The maximum absolute atomic E-state index is 14.4. The number of aliphatic carboxylic acids is 1. The molecule has 1 saturated carbocycles. The number of Topliss-reactive ketones (excluding diaryl/α,β-unsaturated/α-hetero) is 2. The second-order valence-corrected chi connectivity index (χ2v) is 22.5. The van der Waals surface area contributed by atoms with E-state index in [1.54, 1.807) is 31.2 Å². The minimum absolute atomic E-state index is 0. The van der Waals surface area contributed by atoms with E-state index >= 15 is 0 Å².